The van der Waals surface area contributed by atoms with Crippen LogP contribution in [0.25, 0.3) is 105 Å². The molecule has 71 heavy (non-hydrogen) atoms. The number of aromatic nitrogens is 1. The second-order valence-corrected chi connectivity index (χ2v) is 17.3. The van der Waals surface area contributed by atoms with Gasteiger partial charge in [-0.15, -0.1) is 0 Å². The molecule has 11 aromatic rings. The average molecular weight is 940 g/mol. The Morgan fingerprint density at radius 1 is 0.535 bits per heavy atom. The van der Waals surface area contributed by atoms with Gasteiger partial charge in [0.2, 0.25) is 0 Å². The van der Waals surface area contributed by atoms with Gasteiger partial charge in [0, 0.05) is 33.7 Å². The van der Waals surface area contributed by atoms with Crippen LogP contribution in [0.4, 0.5) is 0 Å². The Bertz CT molecular complexity index is 3810. The molecule has 0 saturated carbocycles. The molecule has 11 rings (SSSR count). The van der Waals surface area contributed by atoms with E-state index in [0.29, 0.717) is 0 Å². The molecule has 2 heterocycles. The predicted molar refractivity (Wildman–Crippen MR) is 310 cm³/mol. The molecule has 0 saturated heterocycles. The zero-order chi connectivity index (χ0) is 49.3. The van der Waals surface area contributed by atoms with E-state index in [9.17, 15) is 0 Å². The van der Waals surface area contributed by atoms with E-state index in [1.54, 1.807) is 19.4 Å². The lowest BCUT2D eigenvalue weighted by Crippen LogP contribution is -1.93. The molecule has 0 aliphatic heterocycles. The standard InChI is InChI=1S/C52H33NO.C14H20O.CH4S/c1-2-19-43-34(11-1)12-10-22-44(43)41-18-9-17-39(31-41)37-15-7-13-35(29-37)36-14-8-16-38(30-36)40-25-27-50-47(32-40)45-20-3-5-23-49(45)53(50)42-26-28-52-48(33-42)46-21-4-6-24-51(46)54-52;1-6-8-9-12(3)13(4)10-11-14(7-2)15-5;1-2/h1-33H;6,8-11H,1,3,7H2,2,4-5H3;2H,1H3/b;9-8-,13-10+,14-11+;. The first-order valence-electron chi connectivity index (χ1n) is 24.0. The predicted octanol–water partition coefficient (Wildman–Crippen LogP) is 19.2. The van der Waals surface area contributed by atoms with Gasteiger partial charge in [0.05, 0.1) is 23.9 Å². The van der Waals surface area contributed by atoms with Crippen molar-refractivity contribution < 1.29 is 9.15 Å². The van der Waals surface area contributed by atoms with Gasteiger partial charge in [-0.25, -0.2) is 0 Å². The number of allylic oxidation sites excluding steroid dienone is 8. The Labute approximate surface area is 423 Å². The Morgan fingerprint density at radius 2 is 1.08 bits per heavy atom. The Balaban J connectivity index is 0.000000318. The number of ether oxygens (including phenoxy) is 1. The molecule has 348 valence electrons. The number of hydrogen-bond acceptors (Lipinski definition) is 3. The van der Waals surface area contributed by atoms with E-state index in [0.717, 1.165) is 51.0 Å². The van der Waals surface area contributed by atoms with Gasteiger partial charge in [-0.3, -0.25) is 0 Å². The molecule has 0 aliphatic rings. The maximum Gasteiger partial charge on any atom is 0.135 e. The Morgan fingerprint density at radius 3 is 1.76 bits per heavy atom. The van der Waals surface area contributed by atoms with Crippen LogP contribution in [0.2, 0.25) is 0 Å². The molecule has 0 amide bonds. The minimum absolute atomic E-state index is 0.898. The van der Waals surface area contributed by atoms with Crippen LogP contribution in [-0.2, 0) is 4.74 Å². The number of para-hydroxylation sites is 2. The quantitative estimate of drug-likeness (QED) is 0.0795. The van der Waals surface area contributed by atoms with Crippen LogP contribution in [0.3, 0.4) is 0 Å². The summed E-state index contributed by atoms with van der Waals surface area (Å²) in [5.41, 5.74) is 17.1. The van der Waals surface area contributed by atoms with Gasteiger partial charge in [0.15, 0.2) is 0 Å². The van der Waals surface area contributed by atoms with E-state index in [1.807, 2.05) is 43.4 Å². The van der Waals surface area contributed by atoms with Gasteiger partial charge in [-0.05, 0) is 146 Å². The molecule has 0 bridgehead atoms. The molecule has 0 fully saturated rings. The number of methoxy groups -OCH3 is 1. The van der Waals surface area contributed by atoms with Crippen LogP contribution >= 0.6 is 12.6 Å². The van der Waals surface area contributed by atoms with Crippen molar-refractivity contribution in [3.8, 4) is 50.2 Å². The number of rotatable bonds is 11. The van der Waals surface area contributed by atoms with Crippen LogP contribution < -0.4 is 0 Å². The van der Waals surface area contributed by atoms with Crippen molar-refractivity contribution in [3.63, 3.8) is 0 Å². The fourth-order valence-electron chi connectivity index (χ4n) is 9.35. The lowest BCUT2D eigenvalue weighted by atomic mass is 9.93. The third-order valence-corrected chi connectivity index (χ3v) is 13.0. The fraction of sp³-hybridized carbons (Fsp3) is 0.0746. The maximum absolute atomic E-state index is 6.16. The summed E-state index contributed by atoms with van der Waals surface area (Å²) in [6, 6.07) is 72.4. The highest BCUT2D eigenvalue weighted by molar-refractivity contribution is 7.79. The smallest absolute Gasteiger partial charge is 0.135 e. The van der Waals surface area contributed by atoms with E-state index in [2.05, 4.69) is 225 Å². The number of thiol groups is 1. The van der Waals surface area contributed by atoms with Crippen LogP contribution in [0.5, 0.6) is 0 Å². The summed E-state index contributed by atoms with van der Waals surface area (Å²) in [4.78, 5) is 0. The molecule has 0 unspecified atom stereocenters. The van der Waals surface area contributed by atoms with Crippen molar-refractivity contribution >= 4 is 67.1 Å². The molecular formula is C67H57NO2S. The van der Waals surface area contributed by atoms with Gasteiger partial charge in [0.25, 0.3) is 0 Å². The molecule has 3 nitrogen and oxygen atoms in total. The maximum atomic E-state index is 6.16. The Hall–Kier alpha value is -8.31. The van der Waals surface area contributed by atoms with Gasteiger partial charge >= 0.3 is 0 Å². The topological polar surface area (TPSA) is 27.3 Å². The molecule has 0 spiro atoms. The second kappa shape index (κ2) is 22.0. The number of benzene rings is 9. The molecule has 0 atom stereocenters. The highest BCUT2D eigenvalue weighted by Crippen LogP contribution is 2.39. The van der Waals surface area contributed by atoms with E-state index in [-0.39, 0.29) is 0 Å². The number of hydrogen-bond donors (Lipinski definition) is 1. The fourth-order valence-corrected chi connectivity index (χ4v) is 9.35. The number of nitrogens with zero attached hydrogens (tertiary/aromatic N) is 1. The first-order valence-corrected chi connectivity index (χ1v) is 24.9. The monoisotopic (exact) mass is 939 g/mol. The summed E-state index contributed by atoms with van der Waals surface area (Å²) in [5.74, 6) is 0.967. The lowest BCUT2D eigenvalue weighted by Gasteiger charge is -2.11. The summed E-state index contributed by atoms with van der Waals surface area (Å²) < 4.78 is 13.7. The van der Waals surface area contributed by atoms with Gasteiger partial charge in [-0.2, -0.15) is 12.6 Å². The van der Waals surface area contributed by atoms with Crippen LogP contribution in [0.1, 0.15) is 20.3 Å². The molecule has 4 heteroatoms. The van der Waals surface area contributed by atoms with E-state index in [1.165, 1.54) is 77.1 Å². The minimum Gasteiger partial charge on any atom is -0.501 e. The van der Waals surface area contributed by atoms with Crippen molar-refractivity contribution in [1.82, 2.24) is 4.57 Å². The number of furan rings is 1. The van der Waals surface area contributed by atoms with Crippen molar-refractivity contribution in [2.24, 2.45) is 0 Å². The summed E-state index contributed by atoms with van der Waals surface area (Å²) in [5, 5.41) is 7.27. The first-order chi connectivity index (χ1) is 34.9. The lowest BCUT2D eigenvalue weighted by molar-refractivity contribution is 0.281. The molecule has 0 aliphatic carbocycles. The van der Waals surface area contributed by atoms with Gasteiger partial charge in [-0.1, -0.05) is 184 Å². The Kier molecular flexibility index (Phi) is 14.8. The highest BCUT2D eigenvalue weighted by Gasteiger charge is 2.16. The van der Waals surface area contributed by atoms with Gasteiger partial charge < -0.3 is 13.7 Å². The van der Waals surface area contributed by atoms with Crippen LogP contribution in [0, 0.1) is 0 Å². The van der Waals surface area contributed by atoms with E-state index >= 15 is 0 Å². The summed E-state index contributed by atoms with van der Waals surface area (Å²) in [7, 11) is 1.69. The summed E-state index contributed by atoms with van der Waals surface area (Å²) in [6.07, 6.45) is 12.1. The van der Waals surface area contributed by atoms with Crippen molar-refractivity contribution in [1.29, 1.82) is 0 Å². The zero-order valence-electron chi connectivity index (χ0n) is 40.8. The number of fused-ring (bicyclic) bond motifs is 7. The molecule has 0 radical (unpaired) electrons. The molecular weight excluding hydrogens is 883 g/mol. The second-order valence-electron chi connectivity index (χ2n) is 17.3. The first kappa shape index (κ1) is 47.7. The molecule has 2 aromatic heterocycles. The normalized spacial score (nSPS) is 11.7. The SMILES string of the molecule is C=C/C=C\C(=C)/C(C)=C/C=C(\CC)OC.CS.c1cc(-c2cccc(-c3ccc4c(c3)c3ccccc3n4-c3ccc4oc5ccccc5c4c3)c2)cc(-c2cccc(-c3cccc4ccccc34)c2)c1. The third-order valence-electron chi connectivity index (χ3n) is 13.0. The highest BCUT2D eigenvalue weighted by atomic mass is 32.1. The zero-order valence-corrected chi connectivity index (χ0v) is 41.7. The van der Waals surface area contributed by atoms with Crippen LogP contribution in [0.15, 0.2) is 265 Å². The average Bonchev–Trinajstić information content (AvgIpc) is 3.98. The van der Waals surface area contributed by atoms with E-state index < -0.39 is 0 Å². The molecule has 9 aromatic carbocycles. The third kappa shape index (κ3) is 10.1. The molecule has 0 N–H and O–H groups in total. The largest absolute Gasteiger partial charge is 0.501 e. The minimum atomic E-state index is 0.898. The van der Waals surface area contributed by atoms with Crippen molar-refractivity contribution in [2.75, 3.05) is 13.4 Å². The van der Waals surface area contributed by atoms with Gasteiger partial charge in [0.1, 0.15) is 11.2 Å². The summed E-state index contributed by atoms with van der Waals surface area (Å²) >= 11 is 3.53. The van der Waals surface area contributed by atoms with E-state index in [4.69, 9.17) is 9.15 Å². The van der Waals surface area contributed by atoms with Crippen molar-refractivity contribution in [3.05, 3.63) is 261 Å². The van der Waals surface area contributed by atoms with Crippen molar-refractivity contribution in [2.45, 2.75) is 20.3 Å². The van der Waals surface area contributed by atoms with Crippen LogP contribution in [-0.4, -0.2) is 17.9 Å². The summed E-state index contributed by atoms with van der Waals surface area (Å²) in [6.45, 7) is 11.6.